The second-order valence-corrected chi connectivity index (χ2v) is 3.01. The second-order valence-electron chi connectivity index (χ2n) is 3.01. The van der Waals surface area contributed by atoms with E-state index in [-0.39, 0.29) is 5.91 Å². The first kappa shape index (κ1) is 8.90. The van der Waals surface area contributed by atoms with E-state index < -0.39 is 0 Å². The predicted molar refractivity (Wildman–Crippen MR) is 52.4 cm³/mol. The molecule has 72 valence electrons. The molecule has 2 rings (SSSR count). The summed E-state index contributed by atoms with van der Waals surface area (Å²) in [6, 6.07) is 7.09. The third kappa shape index (κ3) is 1.52. The van der Waals surface area contributed by atoms with Gasteiger partial charge in [-0.25, -0.2) is 0 Å². The Bertz CT molecular complexity index is 359. The van der Waals surface area contributed by atoms with Crippen LogP contribution in [0.5, 0.6) is 0 Å². The molecule has 4 heteroatoms. The van der Waals surface area contributed by atoms with Gasteiger partial charge in [-0.2, -0.15) is 5.06 Å². The van der Waals surface area contributed by atoms with Crippen LogP contribution in [0.3, 0.4) is 0 Å². The van der Waals surface area contributed by atoms with Crippen molar-refractivity contribution in [1.29, 1.82) is 5.41 Å². The fraction of sp³-hybridized carbons (Fsp3) is 0.200. The number of carbonyl (C=O) groups is 1. The molecule has 4 nitrogen and oxygen atoms in total. The van der Waals surface area contributed by atoms with Crippen molar-refractivity contribution < 1.29 is 9.63 Å². The summed E-state index contributed by atoms with van der Waals surface area (Å²) < 4.78 is 0. The lowest BCUT2D eigenvalue weighted by atomic mass is 10.2. The zero-order valence-corrected chi connectivity index (χ0v) is 7.56. The van der Waals surface area contributed by atoms with Crippen LogP contribution in [0.15, 0.2) is 24.3 Å². The quantitative estimate of drug-likeness (QED) is 0.716. The fourth-order valence-corrected chi connectivity index (χ4v) is 1.32. The number of benzene rings is 1. The van der Waals surface area contributed by atoms with Crippen LogP contribution in [0.1, 0.15) is 12.0 Å². The molecule has 1 aromatic carbocycles. The summed E-state index contributed by atoms with van der Waals surface area (Å²) in [6.07, 6.45) is 1.70. The van der Waals surface area contributed by atoms with Gasteiger partial charge in [0.15, 0.2) is 0 Å². The molecule has 0 spiro atoms. The number of hydrogen-bond donors (Lipinski definition) is 1. The van der Waals surface area contributed by atoms with Crippen LogP contribution in [-0.4, -0.2) is 18.7 Å². The Kier molecular flexibility index (Phi) is 2.28. The maximum absolute atomic E-state index is 11.3. The Balaban J connectivity index is 2.24. The third-order valence-corrected chi connectivity index (χ3v) is 2.06. The molecule has 1 heterocycles. The van der Waals surface area contributed by atoms with Crippen molar-refractivity contribution in [3.63, 3.8) is 0 Å². The van der Waals surface area contributed by atoms with Gasteiger partial charge in [-0.05, 0) is 17.7 Å². The monoisotopic (exact) mass is 190 g/mol. The topological polar surface area (TPSA) is 53.4 Å². The van der Waals surface area contributed by atoms with Crippen LogP contribution in [0.2, 0.25) is 0 Å². The van der Waals surface area contributed by atoms with Gasteiger partial charge < -0.3 is 5.41 Å². The highest BCUT2D eigenvalue weighted by Gasteiger charge is 2.22. The Morgan fingerprint density at radius 1 is 1.36 bits per heavy atom. The molecule has 0 bridgehead atoms. The molecular weight excluding hydrogens is 180 g/mol. The maximum Gasteiger partial charge on any atom is 0.253 e. The minimum Gasteiger partial charge on any atom is -0.308 e. The molecule has 0 radical (unpaired) electrons. The summed E-state index contributed by atoms with van der Waals surface area (Å²) in [5.41, 5.74) is 1.53. The molecule has 0 aliphatic carbocycles. The van der Waals surface area contributed by atoms with Gasteiger partial charge in [0.1, 0.15) is 0 Å². The molecule has 1 aliphatic heterocycles. The first-order valence-corrected chi connectivity index (χ1v) is 4.37. The molecular formula is C10H10N2O2. The van der Waals surface area contributed by atoms with Crippen LogP contribution in [0.25, 0.3) is 0 Å². The number of nitrogens with zero attached hydrogens (tertiary/aromatic N) is 1. The SMILES string of the molecule is N=Cc1ccc(N2OCCC2=O)cc1. The highest BCUT2D eigenvalue weighted by molar-refractivity contribution is 5.93. The molecule has 1 aliphatic rings. The van der Waals surface area contributed by atoms with Gasteiger partial charge in [-0.1, -0.05) is 12.1 Å². The van der Waals surface area contributed by atoms with Crippen molar-refractivity contribution in [1.82, 2.24) is 0 Å². The molecule has 1 saturated heterocycles. The van der Waals surface area contributed by atoms with Crippen LogP contribution in [-0.2, 0) is 9.63 Å². The Morgan fingerprint density at radius 2 is 2.07 bits per heavy atom. The van der Waals surface area contributed by atoms with Gasteiger partial charge in [0.05, 0.1) is 18.7 Å². The minimum atomic E-state index is -0.0207. The standard InChI is InChI=1S/C10H10N2O2/c11-7-8-1-3-9(4-2-8)12-10(13)5-6-14-12/h1-4,7,11H,5-6H2. The van der Waals surface area contributed by atoms with Gasteiger partial charge >= 0.3 is 0 Å². The molecule has 1 N–H and O–H groups in total. The van der Waals surface area contributed by atoms with Crippen LogP contribution >= 0.6 is 0 Å². The highest BCUT2D eigenvalue weighted by atomic mass is 16.7. The average Bonchev–Trinajstić information content (AvgIpc) is 2.65. The van der Waals surface area contributed by atoms with E-state index in [9.17, 15) is 4.79 Å². The number of hydroxylamine groups is 1. The zero-order chi connectivity index (χ0) is 9.97. The Hall–Kier alpha value is -1.68. The van der Waals surface area contributed by atoms with Crippen molar-refractivity contribution in [2.75, 3.05) is 11.7 Å². The van der Waals surface area contributed by atoms with Crippen molar-refractivity contribution >= 4 is 17.8 Å². The van der Waals surface area contributed by atoms with Gasteiger partial charge in [0.25, 0.3) is 5.91 Å². The number of hydrogen-bond acceptors (Lipinski definition) is 3. The van der Waals surface area contributed by atoms with E-state index in [1.165, 1.54) is 11.3 Å². The number of nitrogens with one attached hydrogen (secondary N) is 1. The van der Waals surface area contributed by atoms with E-state index in [4.69, 9.17) is 10.2 Å². The van der Waals surface area contributed by atoms with Crippen molar-refractivity contribution in [3.8, 4) is 0 Å². The minimum absolute atomic E-state index is 0.0207. The average molecular weight is 190 g/mol. The Labute approximate surface area is 81.6 Å². The van der Waals surface area contributed by atoms with E-state index >= 15 is 0 Å². The van der Waals surface area contributed by atoms with E-state index in [1.807, 2.05) is 0 Å². The van der Waals surface area contributed by atoms with Gasteiger partial charge in [-0.3, -0.25) is 9.63 Å². The molecule has 0 aromatic heterocycles. The zero-order valence-electron chi connectivity index (χ0n) is 7.56. The third-order valence-electron chi connectivity index (χ3n) is 2.06. The number of rotatable bonds is 2. The van der Waals surface area contributed by atoms with Gasteiger partial charge in [-0.15, -0.1) is 0 Å². The van der Waals surface area contributed by atoms with E-state index in [0.717, 1.165) is 11.3 Å². The first-order chi connectivity index (χ1) is 6.81. The van der Waals surface area contributed by atoms with Crippen LogP contribution < -0.4 is 5.06 Å². The summed E-state index contributed by atoms with van der Waals surface area (Å²) in [5.74, 6) is -0.0207. The number of anilines is 1. The predicted octanol–water partition coefficient (Wildman–Crippen LogP) is 1.35. The summed E-state index contributed by atoms with van der Waals surface area (Å²) in [4.78, 5) is 16.4. The van der Waals surface area contributed by atoms with Crippen LogP contribution in [0.4, 0.5) is 5.69 Å². The highest BCUT2D eigenvalue weighted by Crippen LogP contribution is 2.19. The number of amides is 1. The van der Waals surface area contributed by atoms with Gasteiger partial charge in [0.2, 0.25) is 0 Å². The number of carbonyl (C=O) groups excluding carboxylic acids is 1. The largest absolute Gasteiger partial charge is 0.308 e. The fourth-order valence-electron chi connectivity index (χ4n) is 1.32. The first-order valence-electron chi connectivity index (χ1n) is 4.37. The lowest BCUT2D eigenvalue weighted by molar-refractivity contribution is -0.119. The second kappa shape index (κ2) is 3.59. The summed E-state index contributed by atoms with van der Waals surface area (Å²) in [6.45, 7) is 0.450. The summed E-state index contributed by atoms with van der Waals surface area (Å²) in [5, 5.41) is 8.33. The molecule has 14 heavy (non-hydrogen) atoms. The van der Waals surface area contributed by atoms with Gasteiger partial charge in [0, 0.05) is 6.21 Å². The van der Waals surface area contributed by atoms with E-state index in [0.29, 0.717) is 13.0 Å². The van der Waals surface area contributed by atoms with Crippen molar-refractivity contribution in [3.05, 3.63) is 29.8 Å². The molecule has 1 fully saturated rings. The molecule has 0 atom stereocenters. The van der Waals surface area contributed by atoms with Crippen LogP contribution in [0, 0.1) is 5.41 Å². The Morgan fingerprint density at radius 3 is 2.57 bits per heavy atom. The normalized spacial score (nSPS) is 16.0. The molecule has 1 amide bonds. The molecule has 0 saturated carbocycles. The molecule has 1 aromatic rings. The molecule has 0 unspecified atom stereocenters. The lowest BCUT2D eigenvalue weighted by Crippen LogP contribution is -2.21. The van der Waals surface area contributed by atoms with Crippen molar-refractivity contribution in [2.45, 2.75) is 6.42 Å². The summed E-state index contributed by atoms with van der Waals surface area (Å²) in [7, 11) is 0. The maximum atomic E-state index is 11.3. The lowest BCUT2D eigenvalue weighted by Gasteiger charge is -2.13. The van der Waals surface area contributed by atoms with E-state index in [2.05, 4.69) is 0 Å². The van der Waals surface area contributed by atoms with E-state index in [1.54, 1.807) is 24.3 Å². The van der Waals surface area contributed by atoms with Crippen molar-refractivity contribution in [2.24, 2.45) is 0 Å². The smallest absolute Gasteiger partial charge is 0.253 e. The summed E-state index contributed by atoms with van der Waals surface area (Å²) >= 11 is 0.